The predicted molar refractivity (Wildman–Crippen MR) is 78.7 cm³/mol. The van der Waals surface area contributed by atoms with Crippen LogP contribution in [0.5, 0.6) is 0 Å². The molecule has 0 aliphatic heterocycles. The summed E-state index contributed by atoms with van der Waals surface area (Å²) in [6, 6.07) is 3.44. The number of halogens is 3. The summed E-state index contributed by atoms with van der Waals surface area (Å²) in [5, 5.41) is 12.8. The summed E-state index contributed by atoms with van der Waals surface area (Å²) in [6.07, 6.45) is 2.08. The van der Waals surface area contributed by atoms with Crippen LogP contribution < -0.4 is 5.32 Å². The third-order valence-electron chi connectivity index (χ3n) is 2.29. The van der Waals surface area contributed by atoms with E-state index in [1.807, 2.05) is 0 Å². The first-order chi connectivity index (χ1) is 8.45. The number of nitrogens with one attached hydrogen (secondary N) is 1. The second-order valence-corrected chi connectivity index (χ2v) is 5.24. The van der Waals surface area contributed by atoms with E-state index in [2.05, 4.69) is 21.2 Å². The molecule has 1 aromatic rings. The van der Waals surface area contributed by atoms with Crippen molar-refractivity contribution >= 4 is 50.8 Å². The summed E-state index contributed by atoms with van der Waals surface area (Å²) in [7, 11) is 0. The molecule has 1 rings (SSSR count). The first-order valence-corrected chi connectivity index (χ1v) is 6.81. The van der Waals surface area contributed by atoms with Crippen LogP contribution in [0, 0.1) is 0 Å². The molecule has 0 aromatic heterocycles. The summed E-state index contributed by atoms with van der Waals surface area (Å²) in [6.45, 7) is 2.15. The highest BCUT2D eigenvalue weighted by atomic mass is 79.9. The molecular weight excluding hydrogens is 341 g/mol. The van der Waals surface area contributed by atoms with Gasteiger partial charge in [-0.2, -0.15) is 0 Å². The maximum Gasteiger partial charge on any atom is 0.331 e. The molecule has 98 valence electrons. The van der Waals surface area contributed by atoms with E-state index < -0.39 is 5.97 Å². The van der Waals surface area contributed by atoms with Gasteiger partial charge in [-0.1, -0.05) is 52.1 Å². The summed E-state index contributed by atoms with van der Waals surface area (Å²) in [4.78, 5) is 10.8. The molecule has 6 heteroatoms. The number of rotatable bonds is 5. The zero-order valence-electron chi connectivity index (χ0n) is 9.64. The van der Waals surface area contributed by atoms with Gasteiger partial charge in [-0.15, -0.1) is 0 Å². The fourth-order valence-corrected chi connectivity index (χ4v) is 2.71. The van der Waals surface area contributed by atoms with Crippen molar-refractivity contribution in [1.29, 1.82) is 0 Å². The molecule has 0 spiro atoms. The second-order valence-electron chi connectivity index (χ2n) is 3.51. The molecule has 2 N–H and O–H groups in total. The van der Waals surface area contributed by atoms with E-state index >= 15 is 0 Å². The van der Waals surface area contributed by atoms with E-state index in [9.17, 15) is 4.79 Å². The summed E-state index contributed by atoms with van der Waals surface area (Å²) in [5.74, 6) is -0.910. The van der Waals surface area contributed by atoms with Crippen molar-refractivity contribution in [1.82, 2.24) is 0 Å². The Morgan fingerprint density at radius 2 is 2.00 bits per heavy atom. The first kappa shape index (κ1) is 15.3. The molecule has 0 heterocycles. The summed E-state index contributed by atoms with van der Waals surface area (Å²) < 4.78 is 0.790. The number of carbonyl (C=O) groups is 1. The topological polar surface area (TPSA) is 49.3 Å². The van der Waals surface area contributed by atoms with Gasteiger partial charge in [-0.05, 0) is 18.6 Å². The van der Waals surface area contributed by atoms with Gasteiger partial charge in [0.2, 0.25) is 0 Å². The Balaban J connectivity index is 2.78. The standard InChI is InChI=1S/C12H12BrCl2NO2/c1-2-7(12(17)18)3-4-16-11-9(14)5-8(13)6-10(11)15/h3,5-6,16H,2,4H2,1H3,(H,17,18). The minimum absolute atomic E-state index is 0.354. The molecule has 0 amide bonds. The largest absolute Gasteiger partial charge is 0.478 e. The van der Waals surface area contributed by atoms with Gasteiger partial charge in [-0.25, -0.2) is 4.79 Å². The maximum absolute atomic E-state index is 10.8. The van der Waals surface area contributed by atoms with Crippen LogP contribution >= 0.6 is 39.1 Å². The fourth-order valence-electron chi connectivity index (χ4n) is 1.37. The Labute approximate surface area is 124 Å². The van der Waals surface area contributed by atoms with Crippen molar-refractivity contribution in [3.05, 3.63) is 38.3 Å². The molecule has 0 fully saturated rings. The number of aliphatic carboxylic acids is 1. The van der Waals surface area contributed by atoms with E-state index in [0.717, 1.165) is 4.47 Å². The molecule has 0 saturated carbocycles. The summed E-state index contributed by atoms with van der Waals surface area (Å²) in [5.41, 5.74) is 0.950. The average Bonchev–Trinajstić information content (AvgIpc) is 2.26. The maximum atomic E-state index is 10.8. The van der Waals surface area contributed by atoms with Gasteiger partial charge >= 0.3 is 5.97 Å². The molecular formula is C12H12BrCl2NO2. The molecule has 0 unspecified atom stereocenters. The van der Waals surface area contributed by atoms with Gasteiger partial charge in [0.15, 0.2) is 0 Å². The highest BCUT2D eigenvalue weighted by Crippen LogP contribution is 2.33. The average molecular weight is 353 g/mol. The highest BCUT2D eigenvalue weighted by molar-refractivity contribution is 9.10. The smallest absolute Gasteiger partial charge is 0.331 e. The number of carboxylic acid groups (broad SMARTS) is 1. The van der Waals surface area contributed by atoms with Gasteiger partial charge in [-0.3, -0.25) is 0 Å². The van der Waals surface area contributed by atoms with Crippen molar-refractivity contribution in [2.75, 3.05) is 11.9 Å². The van der Waals surface area contributed by atoms with Crippen molar-refractivity contribution in [3.63, 3.8) is 0 Å². The van der Waals surface area contributed by atoms with Crippen molar-refractivity contribution in [3.8, 4) is 0 Å². The Kier molecular flexibility index (Phi) is 5.99. The highest BCUT2D eigenvalue weighted by Gasteiger charge is 2.07. The minimum atomic E-state index is -0.910. The molecule has 1 aromatic carbocycles. The van der Waals surface area contributed by atoms with Crippen LogP contribution in [0.15, 0.2) is 28.3 Å². The van der Waals surface area contributed by atoms with Gasteiger partial charge in [0, 0.05) is 16.6 Å². The van der Waals surface area contributed by atoms with E-state index in [1.54, 1.807) is 25.1 Å². The van der Waals surface area contributed by atoms with Crippen LogP contribution in [-0.4, -0.2) is 17.6 Å². The Hall–Kier alpha value is -0.710. The van der Waals surface area contributed by atoms with Crippen molar-refractivity contribution in [2.24, 2.45) is 0 Å². The van der Waals surface area contributed by atoms with E-state index in [4.69, 9.17) is 28.3 Å². The number of anilines is 1. The number of benzene rings is 1. The summed E-state index contributed by atoms with van der Waals surface area (Å²) >= 11 is 15.3. The number of hydrogen-bond acceptors (Lipinski definition) is 2. The lowest BCUT2D eigenvalue weighted by Crippen LogP contribution is -2.05. The van der Waals surface area contributed by atoms with Gasteiger partial charge in [0.1, 0.15) is 0 Å². The molecule has 0 radical (unpaired) electrons. The third kappa shape index (κ3) is 4.19. The van der Waals surface area contributed by atoms with E-state index in [0.29, 0.717) is 34.3 Å². The van der Waals surface area contributed by atoms with E-state index in [1.165, 1.54) is 0 Å². The number of hydrogen-bond donors (Lipinski definition) is 2. The quantitative estimate of drug-likeness (QED) is 0.762. The zero-order valence-corrected chi connectivity index (χ0v) is 12.7. The van der Waals surface area contributed by atoms with Crippen LogP contribution in [-0.2, 0) is 4.79 Å². The molecule has 0 aliphatic rings. The predicted octanol–water partition coefficient (Wildman–Crippen LogP) is 4.59. The van der Waals surface area contributed by atoms with Gasteiger partial charge < -0.3 is 10.4 Å². The molecule has 0 aliphatic carbocycles. The van der Waals surface area contributed by atoms with Crippen molar-refractivity contribution in [2.45, 2.75) is 13.3 Å². The molecule has 0 atom stereocenters. The SMILES string of the molecule is CCC(=CCNc1c(Cl)cc(Br)cc1Cl)C(=O)O. The van der Waals surface area contributed by atoms with Crippen LogP contribution in [0.4, 0.5) is 5.69 Å². The van der Waals surface area contributed by atoms with Gasteiger partial charge in [0.05, 0.1) is 15.7 Å². The van der Waals surface area contributed by atoms with Crippen molar-refractivity contribution < 1.29 is 9.90 Å². The molecule has 18 heavy (non-hydrogen) atoms. The van der Waals surface area contributed by atoms with Gasteiger partial charge in [0.25, 0.3) is 0 Å². The zero-order chi connectivity index (χ0) is 13.7. The molecule has 0 saturated heterocycles. The second kappa shape index (κ2) is 7.02. The van der Waals surface area contributed by atoms with E-state index in [-0.39, 0.29) is 0 Å². The lowest BCUT2D eigenvalue weighted by Gasteiger charge is -2.09. The Morgan fingerprint density at radius 1 is 1.44 bits per heavy atom. The molecule has 3 nitrogen and oxygen atoms in total. The monoisotopic (exact) mass is 351 g/mol. The van der Waals surface area contributed by atoms with Crippen LogP contribution in [0.3, 0.4) is 0 Å². The Bertz CT molecular complexity index is 466. The Morgan fingerprint density at radius 3 is 2.44 bits per heavy atom. The molecule has 0 bridgehead atoms. The lowest BCUT2D eigenvalue weighted by molar-refractivity contribution is -0.132. The lowest BCUT2D eigenvalue weighted by atomic mass is 10.2. The number of carboxylic acids is 1. The van der Waals surface area contributed by atoms with Crippen LogP contribution in [0.25, 0.3) is 0 Å². The minimum Gasteiger partial charge on any atom is -0.478 e. The van der Waals surface area contributed by atoms with Crippen LogP contribution in [0.1, 0.15) is 13.3 Å². The third-order valence-corrected chi connectivity index (χ3v) is 3.34. The van der Waals surface area contributed by atoms with Crippen LogP contribution in [0.2, 0.25) is 10.0 Å². The first-order valence-electron chi connectivity index (χ1n) is 5.26. The normalized spacial score (nSPS) is 11.4. The fraction of sp³-hybridized carbons (Fsp3) is 0.250.